The summed E-state index contributed by atoms with van der Waals surface area (Å²) in [5, 5.41) is 4.15. The van der Waals surface area contributed by atoms with Crippen LogP contribution < -0.4 is 9.99 Å². The maximum Gasteiger partial charge on any atom is 0.277 e. The Hall–Kier alpha value is -2.75. The lowest BCUT2D eigenvalue weighted by molar-refractivity contribution is -0.671. The Morgan fingerprint density at radius 2 is 1.96 bits per heavy atom. The van der Waals surface area contributed by atoms with E-state index in [2.05, 4.69) is 35.7 Å². The smallest absolute Gasteiger partial charge is 0.267 e. The minimum Gasteiger partial charge on any atom is -0.267 e. The highest BCUT2D eigenvalue weighted by atomic mass is 16.2. The Balaban J connectivity index is 2.03. The van der Waals surface area contributed by atoms with Crippen molar-refractivity contribution in [2.75, 3.05) is 0 Å². The summed E-state index contributed by atoms with van der Waals surface area (Å²) in [7, 11) is 1.88. The topological polar surface area (TPSA) is 45.3 Å². The molecule has 0 aliphatic rings. The van der Waals surface area contributed by atoms with E-state index in [-0.39, 0.29) is 5.91 Å². The Morgan fingerprint density at radius 3 is 2.68 bits per heavy atom. The van der Waals surface area contributed by atoms with Crippen LogP contribution in [0.3, 0.4) is 0 Å². The first-order chi connectivity index (χ1) is 12.2. The number of pyridine rings is 1. The number of hydrogen-bond donors (Lipinski definition) is 1. The highest BCUT2D eigenvalue weighted by Gasteiger charge is 2.07. The molecule has 2 aromatic rings. The molecule has 0 aliphatic carbocycles. The summed E-state index contributed by atoms with van der Waals surface area (Å²) in [4.78, 5) is 12.1. The molecule has 130 valence electrons. The fraction of sp³-hybridized carbons (Fsp3) is 0.286. The number of rotatable bonds is 8. The van der Waals surface area contributed by atoms with Gasteiger partial charge < -0.3 is 0 Å². The molecule has 0 bridgehead atoms. The van der Waals surface area contributed by atoms with Crippen molar-refractivity contribution >= 4 is 18.2 Å². The van der Waals surface area contributed by atoms with E-state index in [1.165, 1.54) is 12.8 Å². The summed E-state index contributed by atoms with van der Waals surface area (Å²) in [5.41, 5.74) is 5.44. The molecule has 0 unspecified atom stereocenters. The number of carbonyl (C=O) groups is 1. The van der Waals surface area contributed by atoms with E-state index < -0.39 is 0 Å². The van der Waals surface area contributed by atoms with Crippen LogP contribution in [0.5, 0.6) is 0 Å². The van der Waals surface area contributed by atoms with E-state index in [4.69, 9.17) is 0 Å². The summed E-state index contributed by atoms with van der Waals surface area (Å²) in [5.74, 6) is -0.208. The molecule has 0 spiro atoms. The van der Waals surface area contributed by atoms with Crippen LogP contribution in [0.2, 0.25) is 0 Å². The molecule has 1 amide bonds. The molecular formula is C21H26N3O+. The van der Waals surface area contributed by atoms with Gasteiger partial charge in [0, 0.05) is 6.07 Å². The average molecular weight is 336 g/mol. The number of allylic oxidation sites excluding steroid dienone is 1. The van der Waals surface area contributed by atoms with Crippen LogP contribution in [0.4, 0.5) is 0 Å². The van der Waals surface area contributed by atoms with Gasteiger partial charge in [0.05, 0.1) is 6.21 Å². The van der Waals surface area contributed by atoms with E-state index in [1.807, 2.05) is 42.1 Å². The van der Waals surface area contributed by atoms with Gasteiger partial charge >= 0.3 is 0 Å². The number of unbranched alkanes of at least 4 members (excludes halogenated alkanes) is 2. The van der Waals surface area contributed by atoms with Crippen molar-refractivity contribution in [1.29, 1.82) is 0 Å². The third kappa shape index (κ3) is 6.71. The zero-order valence-electron chi connectivity index (χ0n) is 15.0. The second kappa shape index (κ2) is 10.2. The van der Waals surface area contributed by atoms with Crippen molar-refractivity contribution in [3.05, 3.63) is 71.6 Å². The number of carbonyl (C=O) groups excluding carboxylic acids is 1. The van der Waals surface area contributed by atoms with Gasteiger partial charge in [0.25, 0.3) is 5.91 Å². The Kier molecular flexibility index (Phi) is 7.57. The van der Waals surface area contributed by atoms with Crippen molar-refractivity contribution in [3.63, 3.8) is 0 Å². The average Bonchev–Trinajstić information content (AvgIpc) is 2.62. The zero-order chi connectivity index (χ0) is 17.9. The molecule has 0 radical (unpaired) electrons. The highest BCUT2D eigenvalue weighted by Crippen LogP contribution is 2.12. The van der Waals surface area contributed by atoms with Crippen LogP contribution >= 0.6 is 0 Å². The second-order valence-corrected chi connectivity index (χ2v) is 6.04. The molecule has 1 aromatic heterocycles. The molecule has 0 atom stereocenters. The van der Waals surface area contributed by atoms with Crippen LogP contribution in [0.1, 0.15) is 48.5 Å². The number of aryl methyl sites for hydroxylation is 1. The number of nitrogens with one attached hydrogen (secondary N) is 1. The molecule has 1 heterocycles. The lowest BCUT2D eigenvalue weighted by atomic mass is 10.1. The monoisotopic (exact) mass is 336 g/mol. The van der Waals surface area contributed by atoms with Crippen LogP contribution in [0.25, 0.3) is 6.08 Å². The van der Waals surface area contributed by atoms with E-state index in [0.29, 0.717) is 5.56 Å². The standard InChI is InChI=1S/C21H25N3O/c1-3-4-6-12-19(15-18-10-7-5-8-11-18)16-22-23-21(25)20-13-9-14-24(2)17-20/h5,7-11,13-17H,3-4,6,12H2,1-2H3/p+1/b19-15-,22-16-. The summed E-state index contributed by atoms with van der Waals surface area (Å²) < 4.78 is 1.84. The van der Waals surface area contributed by atoms with Crippen LogP contribution in [0.15, 0.2) is 65.5 Å². The first-order valence-corrected chi connectivity index (χ1v) is 8.73. The summed E-state index contributed by atoms with van der Waals surface area (Å²) in [6.07, 6.45) is 12.0. The van der Waals surface area contributed by atoms with E-state index >= 15 is 0 Å². The summed E-state index contributed by atoms with van der Waals surface area (Å²) in [6, 6.07) is 13.8. The molecule has 0 saturated carbocycles. The first kappa shape index (κ1) is 18.6. The first-order valence-electron chi connectivity index (χ1n) is 8.73. The van der Waals surface area contributed by atoms with Crippen molar-refractivity contribution in [2.45, 2.75) is 32.6 Å². The number of amides is 1. The lowest BCUT2D eigenvalue weighted by Crippen LogP contribution is -2.29. The highest BCUT2D eigenvalue weighted by molar-refractivity contribution is 5.94. The molecule has 1 aromatic carbocycles. The number of nitrogens with zero attached hydrogens (tertiary/aromatic N) is 2. The van der Waals surface area contributed by atoms with E-state index in [1.54, 1.807) is 18.5 Å². The Morgan fingerprint density at radius 1 is 1.16 bits per heavy atom. The van der Waals surface area contributed by atoms with Gasteiger partial charge in [-0.3, -0.25) is 4.79 Å². The third-order valence-electron chi connectivity index (χ3n) is 3.82. The minimum atomic E-state index is -0.208. The normalized spacial score (nSPS) is 11.7. The molecule has 25 heavy (non-hydrogen) atoms. The predicted octanol–water partition coefficient (Wildman–Crippen LogP) is 3.89. The van der Waals surface area contributed by atoms with Crippen LogP contribution in [-0.4, -0.2) is 12.1 Å². The van der Waals surface area contributed by atoms with Crippen molar-refractivity contribution in [1.82, 2.24) is 5.43 Å². The number of benzene rings is 1. The van der Waals surface area contributed by atoms with Crippen LogP contribution in [-0.2, 0) is 7.05 Å². The van der Waals surface area contributed by atoms with Gasteiger partial charge in [-0.15, -0.1) is 0 Å². The Bertz CT molecular complexity index is 736. The summed E-state index contributed by atoms with van der Waals surface area (Å²) >= 11 is 0. The fourth-order valence-electron chi connectivity index (χ4n) is 2.48. The predicted molar refractivity (Wildman–Crippen MR) is 102 cm³/mol. The van der Waals surface area contributed by atoms with Gasteiger partial charge in [-0.25, -0.2) is 9.99 Å². The number of hydrazone groups is 1. The lowest BCUT2D eigenvalue weighted by Gasteiger charge is -2.03. The van der Waals surface area contributed by atoms with Gasteiger partial charge in [-0.05, 0) is 30.0 Å². The van der Waals surface area contributed by atoms with Crippen molar-refractivity contribution in [2.24, 2.45) is 12.1 Å². The fourth-order valence-corrected chi connectivity index (χ4v) is 2.48. The second-order valence-electron chi connectivity index (χ2n) is 6.04. The quantitative estimate of drug-likeness (QED) is 0.338. The third-order valence-corrected chi connectivity index (χ3v) is 3.82. The molecule has 0 saturated heterocycles. The van der Waals surface area contributed by atoms with E-state index in [9.17, 15) is 4.79 Å². The number of hydrogen-bond acceptors (Lipinski definition) is 2. The molecule has 4 heteroatoms. The largest absolute Gasteiger partial charge is 0.277 e. The maximum atomic E-state index is 12.1. The molecule has 1 N–H and O–H groups in total. The maximum absolute atomic E-state index is 12.1. The SMILES string of the molecule is CCCCCC(/C=N\NC(=O)c1ccc[n+](C)c1)=C/c1ccccc1. The Labute approximate surface area is 149 Å². The minimum absolute atomic E-state index is 0.208. The molecule has 2 rings (SSSR count). The van der Waals surface area contributed by atoms with Gasteiger partial charge in [0.1, 0.15) is 12.6 Å². The van der Waals surface area contributed by atoms with Gasteiger partial charge in [0.15, 0.2) is 12.4 Å². The van der Waals surface area contributed by atoms with Gasteiger partial charge in [-0.1, -0.05) is 56.2 Å². The van der Waals surface area contributed by atoms with Gasteiger partial charge in [0.2, 0.25) is 0 Å². The summed E-state index contributed by atoms with van der Waals surface area (Å²) in [6.45, 7) is 2.19. The molecule has 0 fully saturated rings. The van der Waals surface area contributed by atoms with Crippen molar-refractivity contribution in [3.8, 4) is 0 Å². The molecule has 0 aliphatic heterocycles. The van der Waals surface area contributed by atoms with Crippen LogP contribution in [0, 0.1) is 0 Å². The number of aromatic nitrogens is 1. The van der Waals surface area contributed by atoms with Crippen molar-refractivity contribution < 1.29 is 9.36 Å². The molecular weight excluding hydrogens is 310 g/mol. The molecule has 4 nitrogen and oxygen atoms in total. The zero-order valence-corrected chi connectivity index (χ0v) is 15.0. The van der Waals surface area contributed by atoms with E-state index in [0.717, 1.165) is 24.0 Å². The van der Waals surface area contributed by atoms with Gasteiger partial charge in [-0.2, -0.15) is 5.10 Å².